The fourth-order valence-corrected chi connectivity index (χ4v) is 3.46. The van der Waals surface area contributed by atoms with Crippen molar-refractivity contribution in [1.29, 1.82) is 0 Å². The van der Waals surface area contributed by atoms with Gasteiger partial charge in [0.1, 0.15) is 40.4 Å². The third-order valence-electron chi connectivity index (χ3n) is 5.34. The zero-order chi connectivity index (χ0) is 27.3. The van der Waals surface area contributed by atoms with E-state index in [0.717, 1.165) is 11.1 Å². The minimum Gasteiger partial charge on any atom is -0.507 e. The van der Waals surface area contributed by atoms with Gasteiger partial charge in [0.05, 0.1) is 0 Å². The predicted molar refractivity (Wildman–Crippen MR) is 143 cm³/mol. The average molecular weight is 507 g/mol. The summed E-state index contributed by atoms with van der Waals surface area (Å²) in [6.45, 7) is 9.77. The summed E-state index contributed by atoms with van der Waals surface area (Å²) >= 11 is 0. The van der Waals surface area contributed by atoms with E-state index in [2.05, 4.69) is 0 Å². The Kier molecular flexibility index (Phi) is 8.45. The molecule has 0 aliphatic carbocycles. The quantitative estimate of drug-likeness (QED) is 0.226. The monoisotopic (exact) mass is 506 g/mol. The topological polar surface area (TPSA) is 130 Å². The first-order chi connectivity index (χ1) is 17.5. The van der Waals surface area contributed by atoms with Gasteiger partial charge in [0, 0.05) is 35.2 Å². The molecule has 8 nitrogen and oxygen atoms in total. The second-order valence-electron chi connectivity index (χ2n) is 9.01. The van der Waals surface area contributed by atoms with Gasteiger partial charge in [-0.25, -0.2) is 4.79 Å². The molecule has 0 spiro atoms. The summed E-state index contributed by atoms with van der Waals surface area (Å²) in [6, 6.07) is 8.63. The fraction of sp³-hybridized carbons (Fsp3) is 0.241. The molecule has 3 N–H and O–H groups in total. The fourth-order valence-electron chi connectivity index (χ4n) is 3.46. The first kappa shape index (κ1) is 27.1. The van der Waals surface area contributed by atoms with E-state index in [9.17, 15) is 24.9 Å². The molecule has 0 aliphatic rings. The van der Waals surface area contributed by atoms with Gasteiger partial charge in [-0.15, -0.1) is 0 Å². The van der Waals surface area contributed by atoms with Crippen LogP contribution in [0.2, 0.25) is 0 Å². The molecule has 0 saturated carbocycles. The molecule has 2 heterocycles. The van der Waals surface area contributed by atoms with E-state index in [4.69, 9.17) is 13.6 Å². The first-order valence-corrected chi connectivity index (χ1v) is 11.6. The van der Waals surface area contributed by atoms with Crippen molar-refractivity contribution in [3.8, 4) is 23.0 Å². The van der Waals surface area contributed by atoms with E-state index in [1.54, 1.807) is 13.0 Å². The molecule has 0 saturated heterocycles. The maximum atomic E-state index is 11.9. The summed E-state index contributed by atoms with van der Waals surface area (Å²) in [6.07, 6.45) is 4.13. The number of phenols is 3. The SMILES string of the molecule is CC(C)=CCOc1cc2oc(=O)ccc2cc1O.CC(C)=CCc1c(O)cc2oc(C)cc(=O)c2c1O. The van der Waals surface area contributed by atoms with E-state index in [-0.39, 0.29) is 33.6 Å². The number of hydrogen-bond donors (Lipinski definition) is 3. The van der Waals surface area contributed by atoms with Crippen molar-refractivity contribution in [2.45, 2.75) is 41.0 Å². The van der Waals surface area contributed by atoms with Gasteiger partial charge in [-0.2, -0.15) is 0 Å². The van der Waals surface area contributed by atoms with E-state index in [1.807, 2.05) is 39.8 Å². The third kappa shape index (κ3) is 6.82. The lowest BCUT2D eigenvalue weighted by molar-refractivity contribution is 0.335. The molecular weight excluding hydrogens is 476 g/mol. The van der Waals surface area contributed by atoms with Crippen LogP contribution < -0.4 is 15.8 Å². The Labute approximate surface area is 213 Å². The number of benzene rings is 2. The zero-order valence-corrected chi connectivity index (χ0v) is 21.4. The number of ether oxygens (including phenoxy) is 1. The second kappa shape index (κ2) is 11.5. The lowest BCUT2D eigenvalue weighted by Gasteiger charge is -2.08. The molecular formula is C29H30O8. The number of aromatic hydroxyl groups is 3. The van der Waals surface area contributed by atoms with Crippen LogP contribution in [0.5, 0.6) is 23.0 Å². The van der Waals surface area contributed by atoms with Gasteiger partial charge < -0.3 is 28.9 Å². The molecule has 4 aromatic rings. The van der Waals surface area contributed by atoms with Gasteiger partial charge >= 0.3 is 5.63 Å². The summed E-state index contributed by atoms with van der Waals surface area (Å²) in [5, 5.41) is 30.6. The van der Waals surface area contributed by atoms with Crippen molar-refractivity contribution in [2.75, 3.05) is 6.61 Å². The summed E-state index contributed by atoms with van der Waals surface area (Å²) in [7, 11) is 0. The largest absolute Gasteiger partial charge is 0.507 e. The number of fused-ring (bicyclic) bond motifs is 2. The Hall–Kier alpha value is -4.46. The van der Waals surface area contributed by atoms with Crippen molar-refractivity contribution in [3.63, 3.8) is 0 Å². The van der Waals surface area contributed by atoms with Crippen LogP contribution in [0, 0.1) is 6.92 Å². The van der Waals surface area contributed by atoms with Crippen LogP contribution in [0.1, 0.15) is 39.0 Å². The lowest BCUT2D eigenvalue weighted by atomic mass is 10.0. The van der Waals surface area contributed by atoms with Crippen molar-refractivity contribution >= 4 is 21.9 Å². The number of allylic oxidation sites excluding steroid dienone is 3. The van der Waals surface area contributed by atoms with Crippen LogP contribution in [-0.2, 0) is 6.42 Å². The molecule has 194 valence electrons. The third-order valence-corrected chi connectivity index (χ3v) is 5.34. The molecule has 0 amide bonds. The van der Waals surface area contributed by atoms with Crippen molar-refractivity contribution in [2.24, 2.45) is 0 Å². The molecule has 0 bridgehead atoms. The summed E-state index contributed by atoms with van der Waals surface area (Å²) in [5.41, 5.74) is 2.38. The molecule has 0 aliphatic heterocycles. The second-order valence-corrected chi connectivity index (χ2v) is 9.01. The number of aryl methyl sites for hydroxylation is 1. The standard InChI is InChI=1S/C15H16O4.C14H14O4/c1-8(2)4-5-10-11(16)7-13-14(15(10)18)12(17)6-9(3)19-13;1-9(2)5-6-17-13-8-12-10(7-11(13)15)3-4-14(16)18-12/h4,6-7,16,18H,5H2,1-3H3;3-5,7-8,15H,6H2,1-2H3. The van der Waals surface area contributed by atoms with Gasteiger partial charge in [-0.1, -0.05) is 17.2 Å². The van der Waals surface area contributed by atoms with Crippen LogP contribution in [0.4, 0.5) is 0 Å². The van der Waals surface area contributed by atoms with Crippen LogP contribution >= 0.6 is 0 Å². The highest BCUT2D eigenvalue weighted by atomic mass is 16.5. The molecule has 2 aromatic heterocycles. The first-order valence-electron chi connectivity index (χ1n) is 11.6. The van der Waals surface area contributed by atoms with Gasteiger partial charge in [-0.05, 0) is 59.2 Å². The number of hydrogen-bond acceptors (Lipinski definition) is 8. The van der Waals surface area contributed by atoms with E-state index < -0.39 is 5.63 Å². The van der Waals surface area contributed by atoms with Crippen LogP contribution in [0.3, 0.4) is 0 Å². The van der Waals surface area contributed by atoms with Crippen LogP contribution in [-0.4, -0.2) is 21.9 Å². The zero-order valence-electron chi connectivity index (χ0n) is 21.4. The highest BCUT2D eigenvalue weighted by Gasteiger charge is 2.16. The van der Waals surface area contributed by atoms with Crippen molar-refractivity contribution < 1.29 is 28.9 Å². The lowest BCUT2D eigenvalue weighted by Crippen LogP contribution is -2.02. The summed E-state index contributed by atoms with van der Waals surface area (Å²) in [4.78, 5) is 23.0. The Morgan fingerprint density at radius 3 is 2.24 bits per heavy atom. The smallest absolute Gasteiger partial charge is 0.336 e. The Morgan fingerprint density at radius 1 is 0.865 bits per heavy atom. The molecule has 2 aromatic carbocycles. The highest BCUT2D eigenvalue weighted by molar-refractivity contribution is 5.86. The predicted octanol–water partition coefficient (Wildman–Crippen LogP) is 5.86. The summed E-state index contributed by atoms with van der Waals surface area (Å²) < 4.78 is 15.8. The summed E-state index contributed by atoms with van der Waals surface area (Å²) in [5.74, 6) is 0.485. The minimum atomic E-state index is -0.427. The molecule has 4 rings (SSSR count). The Bertz CT molecular complexity index is 1610. The van der Waals surface area contributed by atoms with Gasteiger partial charge in [0.15, 0.2) is 16.9 Å². The van der Waals surface area contributed by atoms with Crippen molar-refractivity contribution in [1.82, 2.24) is 0 Å². The molecule has 0 atom stereocenters. The average Bonchev–Trinajstić information content (AvgIpc) is 2.79. The van der Waals surface area contributed by atoms with E-state index >= 15 is 0 Å². The van der Waals surface area contributed by atoms with Crippen molar-refractivity contribution in [3.05, 3.63) is 91.7 Å². The minimum absolute atomic E-state index is 0.0264. The van der Waals surface area contributed by atoms with Crippen LogP contribution in [0.25, 0.3) is 21.9 Å². The normalized spacial score (nSPS) is 10.5. The highest BCUT2D eigenvalue weighted by Crippen LogP contribution is 2.35. The number of phenolic OH excluding ortho intramolecular Hbond substituents is 3. The molecule has 0 unspecified atom stereocenters. The maximum Gasteiger partial charge on any atom is 0.336 e. The van der Waals surface area contributed by atoms with Crippen LogP contribution in [0.15, 0.2) is 78.1 Å². The van der Waals surface area contributed by atoms with E-state index in [0.29, 0.717) is 41.1 Å². The Morgan fingerprint density at radius 2 is 1.57 bits per heavy atom. The molecule has 0 fully saturated rings. The molecule has 0 radical (unpaired) electrons. The molecule has 37 heavy (non-hydrogen) atoms. The van der Waals surface area contributed by atoms with E-state index in [1.165, 1.54) is 30.3 Å². The molecule has 8 heteroatoms. The maximum absolute atomic E-state index is 11.9. The van der Waals surface area contributed by atoms with Gasteiger partial charge in [0.2, 0.25) is 0 Å². The number of rotatable bonds is 5. The Balaban J connectivity index is 0.000000206. The van der Waals surface area contributed by atoms with Gasteiger partial charge in [0.25, 0.3) is 0 Å². The van der Waals surface area contributed by atoms with Gasteiger partial charge in [-0.3, -0.25) is 4.79 Å².